The smallest absolute Gasteiger partial charge is 0.140 e. The van der Waals surface area contributed by atoms with Crippen molar-refractivity contribution in [2.75, 3.05) is 0 Å². The highest BCUT2D eigenvalue weighted by atomic mass is 35.5. The molecule has 0 bridgehead atoms. The van der Waals surface area contributed by atoms with Crippen LogP contribution in [0.2, 0.25) is 5.15 Å². The van der Waals surface area contributed by atoms with Crippen LogP contribution in [0.1, 0.15) is 0 Å². The molecule has 0 saturated heterocycles. The van der Waals surface area contributed by atoms with E-state index in [1.807, 2.05) is 18.2 Å². The average molecular weight is 231 g/mol. The molecule has 0 aromatic carbocycles. The number of nitrogens with zero attached hydrogens (tertiary/aromatic N) is 2. The van der Waals surface area contributed by atoms with Gasteiger partial charge in [-0.15, -0.1) is 0 Å². The van der Waals surface area contributed by atoms with Crippen molar-refractivity contribution in [3.05, 3.63) is 48.0 Å². The Hall–Kier alpha value is -1.87. The van der Waals surface area contributed by atoms with Crippen molar-refractivity contribution >= 4 is 22.6 Å². The minimum atomic E-state index is 0.455. The number of pyridine rings is 2. The first kappa shape index (κ1) is 9.36. The molecular weight excluding hydrogens is 224 g/mol. The lowest BCUT2D eigenvalue weighted by molar-refractivity contribution is 0.631. The van der Waals surface area contributed by atoms with E-state index in [0.717, 1.165) is 22.3 Å². The van der Waals surface area contributed by atoms with Crippen molar-refractivity contribution in [1.29, 1.82) is 0 Å². The third-order valence-corrected chi connectivity index (χ3v) is 2.64. The maximum Gasteiger partial charge on any atom is 0.140 e. The van der Waals surface area contributed by atoms with Crippen LogP contribution in [0.25, 0.3) is 22.3 Å². The summed E-state index contributed by atoms with van der Waals surface area (Å²) in [6.07, 6.45) is 5.10. The van der Waals surface area contributed by atoms with Crippen molar-refractivity contribution in [1.82, 2.24) is 9.97 Å². The molecule has 3 heterocycles. The van der Waals surface area contributed by atoms with Gasteiger partial charge in [0.2, 0.25) is 0 Å². The summed E-state index contributed by atoms with van der Waals surface area (Å²) >= 11 is 5.97. The quantitative estimate of drug-likeness (QED) is 0.600. The number of furan rings is 1. The summed E-state index contributed by atoms with van der Waals surface area (Å²) in [5, 5.41) is 1.28. The van der Waals surface area contributed by atoms with Crippen LogP contribution in [0.5, 0.6) is 0 Å². The summed E-state index contributed by atoms with van der Waals surface area (Å²) in [5.74, 6) is 0.748. The first-order valence-corrected chi connectivity index (χ1v) is 5.17. The van der Waals surface area contributed by atoms with Gasteiger partial charge in [-0.1, -0.05) is 11.6 Å². The Balaban J connectivity index is 2.23. The number of hydrogen-bond donors (Lipinski definition) is 0. The number of fused-ring (bicyclic) bond motifs is 1. The van der Waals surface area contributed by atoms with E-state index < -0.39 is 0 Å². The van der Waals surface area contributed by atoms with Gasteiger partial charge in [0, 0.05) is 24.2 Å². The standard InChI is InChI=1S/C12H7ClN2O/c13-12-9-6-11(8-2-1-4-14-7-8)16-10(9)3-5-15-12/h1-7H. The predicted octanol–water partition coefficient (Wildman–Crippen LogP) is 3.54. The highest BCUT2D eigenvalue weighted by molar-refractivity contribution is 6.34. The molecule has 0 atom stereocenters. The molecule has 0 aliphatic rings. The maximum absolute atomic E-state index is 5.97. The average Bonchev–Trinajstić information content (AvgIpc) is 2.76. The third kappa shape index (κ3) is 1.46. The molecule has 3 aromatic rings. The minimum Gasteiger partial charge on any atom is -0.456 e. The van der Waals surface area contributed by atoms with E-state index in [-0.39, 0.29) is 0 Å². The zero-order valence-electron chi connectivity index (χ0n) is 8.22. The Morgan fingerprint density at radius 1 is 1.19 bits per heavy atom. The van der Waals surface area contributed by atoms with Gasteiger partial charge in [0.1, 0.15) is 16.5 Å². The highest BCUT2D eigenvalue weighted by Gasteiger charge is 2.08. The Labute approximate surface area is 96.7 Å². The molecule has 0 fully saturated rings. The Kier molecular flexibility index (Phi) is 2.11. The normalized spacial score (nSPS) is 10.8. The van der Waals surface area contributed by atoms with Crippen LogP contribution in [0.4, 0.5) is 0 Å². The van der Waals surface area contributed by atoms with E-state index in [2.05, 4.69) is 9.97 Å². The molecule has 0 radical (unpaired) electrons. The second kappa shape index (κ2) is 3.61. The van der Waals surface area contributed by atoms with Crippen molar-refractivity contribution in [2.45, 2.75) is 0 Å². The molecule has 4 heteroatoms. The van der Waals surface area contributed by atoms with E-state index in [4.69, 9.17) is 16.0 Å². The van der Waals surface area contributed by atoms with Crippen LogP contribution in [-0.4, -0.2) is 9.97 Å². The summed E-state index contributed by atoms with van der Waals surface area (Å²) in [7, 11) is 0. The zero-order chi connectivity index (χ0) is 11.0. The zero-order valence-corrected chi connectivity index (χ0v) is 8.98. The lowest BCUT2D eigenvalue weighted by Gasteiger charge is -1.92. The molecule has 3 nitrogen and oxygen atoms in total. The van der Waals surface area contributed by atoms with Crippen LogP contribution in [0, 0.1) is 0 Å². The number of rotatable bonds is 1. The lowest BCUT2D eigenvalue weighted by Crippen LogP contribution is -1.73. The van der Waals surface area contributed by atoms with Gasteiger partial charge in [0.15, 0.2) is 0 Å². The van der Waals surface area contributed by atoms with Crippen LogP contribution in [0.15, 0.2) is 47.3 Å². The Morgan fingerprint density at radius 2 is 2.12 bits per heavy atom. The lowest BCUT2D eigenvalue weighted by atomic mass is 10.2. The van der Waals surface area contributed by atoms with Crippen molar-refractivity contribution < 1.29 is 4.42 Å². The third-order valence-electron chi connectivity index (χ3n) is 2.34. The van der Waals surface area contributed by atoms with E-state index >= 15 is 0 Å². The summed E-state index contributed by atoms with van der Waals surface area (Å²) in [4.78, 5) is 8.05. The number of hydrogen-bond acceptors (Lipinski definition) is 3. The summed E-state index contributed by atoms with van der Waals surface area (Å²) in [6, 6.07) is 7.47. The second-order valence-electron chi connectivity index (χ2n) is 3.37. The SMILES string of the molecule is Clc1nccc2oc(-c3cccnc3)cc12. The van der Waals surface area contributed by atoms with Crippen molar-refractivity contribution in [3.8, 4) is 11.3 Å². The fraction of sp³-hybridized carbons (Fsp3) is 0. The predicted molar refractivity (Wildman–Crippen MR) is 62.3 cm³/mol. The molecule has 78 valence electrons. The Morgan fingerprint density at radius 3 is 2.88 bits per heavy atom. The van der Waals surface area contributed by atoms with Crippen molar-refractivity contribution in [2.24, 2.45) is 0 Å². The van der Waals surface area contributed by atoms with Gasteiger partial charge in [0.25, 0.3) is 0 Å². The van der Waals surface area contributed by atoms with E-state index in [0.29, 0.717) is 5.15 Å². The molecule has 0 aliphatic carbocycles. The summed E-state index contributed by atoms with van der Waals surface area (Å²) in [5.41, 5.74) is 1.66. The second-order valence-corrected chi connectivity index (χ2v) is 3.72. The highest BCUT2D eigenvalue weighted by Crippen LogP contribution is 2.30. The van der Waals surface area contributed by atoms with Crippen LogP contribution in [0.3, 0.4) is 0 Å². The molecule has 0 amide bonds. The molecule has 0 spiro atoms. The van der Waals surface area contributed by atoms with Crippen molar-refractivity contribution in [3.63, 3.8) is 0 Å². The van der Waals surface area contributed by atoms with Gasteiger partial charge in [-0.3, -0.25) is 4.98 Å². The van der Waals surface area contributed by atoms with Gasteiger partial charge in [-0.25, -0.2) is 4.98 Å². The largest absolute Gasteiger partial charge is 0.456 e. The molecule has 0 saturated carbocycles. The first-order chi connectivity index (χ1) is 7.84. The topological polar surface area (TPSA) is 38.9 Å². The molecular formula is C12H7ClN2O. The molecule has 3 rings (SSSR count). The minimum absolute atomic E-state index is 0.455. The van der Waals surface area contributed by atoms with E-state index in [1.165, 1.54) is 0 Å². The van der Waals surface area contributed by atoms with Crippen LogP contribution in [-0.2, 0) is 0 Å². The van der Waals surface area contributed by atoms with Gasteiger partial charge in [-0.2, -0.15) is 0 Å². The molecule has 3 aromatic heterocycles. The summed E-state index contributed by atoms with van der Waals surface area (Å²) in [6.45, 7) is 0. The number of halogens is 1. The van der Waals surface area contributed by atoms with Gasteiger partial charge in [-0.05, 0) is 24.3 Å². The van der Waals surface area contributed by atoms with E-state index in [1.54, 1.807) is 24.7 Å². The van der Waals surface area contributed by atoms with Crippen LogP contribution < -0.4 is 0 Å². The molecule has 16 heavy (non-hydrogen) atoms. The maximum atomic E-state index is 5.97. The molecule has 0 N–H and O–H groups in total. The van der Waals surface area contributed by atoms with Gasteiger partial charge in [0.05, 0.1) is 5.39 Å². The van der Waals surface area contributed by atoms with Gasteiger partial charge >= 0.3 is 0 Å². The first-order valence-electron chi connectivity index (χ1n) is 4.79. The molecule has 0 unspecified atom stereocenters. The van der Waals surface area contributed by atoms with Crippen LogP contribution >= 0.6 is 11.6 Å². The fourth-order valence-electron chi connectivity index (χ4n) is 1.58. The summed E-state index contributed by atoms with van der Waals surface area (Å²) < 4.78 is 5.67. The fourth-order valence-corrected chi connectivity index (χ4v) is 1.78. The van der Waals surface area contributed by atoms with Gasteiger partial charge < -0.3 is 4.42 Å². The molecule has 0 aliphatic heterocycles. The van der Waals surface area contributed by atoms with E-state index in [9.17, 15) is 0 Å². The monoisotopic (exact) mass is 230 g/mol. The Bertz CT molecular complexity index is 634. The number of aromatic nitrogens is 2.